The van der Waals surface area contributed by atoms with Gasteiger partial charge in [-0.15, -0.1) is 0 Å². The summed E-state index contributed by atoms with van der Waals surface area (Å²) in [6, 6.07) is -0.757. The third-order valence-corrected chi connectivity index (χ3v) is 5.29. The summed E-state index contributed by atoms with van der Waals surface area (Å²) in [6.07, 6.45) is 1.01. The van der Waals surface area contributed by atoms with Crippen molar-refractivity contribution in [2.45, 2.75) is 26.3 Å². The average Bonchev–Trinajstić information content (AvgIpc) is 2.41. The third-order valence-electron chi connectivity index (χ3n) is 4.26. The zero-order chi connectivity index (χ0) is 14.0. The molecule has 2 fully saturated rings. The minimum Gasteiger partial charge on any atom is -0.480 e. The molecule has 1 N–H and O–H groups in total. The lowest BCUT2D eigenvalue weighted by Gasteiger charge is -2.41. The number of carbonyl (C=O) groups is 2. The minimum absolute atomic E-state index is 0.0912. The highest BCUT2D eigenvalue weighted by Gasteiger charge is 2.36. The summed E-state index contributed by atoms with van der Waals surface area (Å²) in [7, 11) is 0. The highest BCUT2D eigenvalue weighted by molar-refractivity contribution is 7.99. The van der Waals surface area contributed by atoms with Crippen LogP contribution in [0.25, 0.3) is 0 Å². The summed E-state index contributed by atoms with van der Waals surface area (Å²) in [5.41, 5.74) is 0. The maximum atomic E-state index is 12.5. The summed E-state index contributed by atoms with van der Waals surface area (Å²) in [5.74, 6) is 1.56. The number of aliphatic carboxylic acids is 1. The first-order valence-corrected chi connectivity index (χ1v) is 8.02. The van der Waals surface area contributed by atoms with Crippen molar-refractivity contribution in [2.75, 3.05) is 31.1 Å². The Hall–Kier alpha value is -0.910. The molecule has 0 aliphatic carbocycles. The first-order chi connectivity index (χ1) is 9.00. The molecular formula is C13H22N2O3S. The molecule has 2 rings (SSSR count). The molecule has 108 valence electrons. The Morgan fingerprint density at radius 2 is 1.95 bits per heavy atom. The van der Waals surface area contributed by atoms with Crippen LogP contribution in [0.3, 0.4) is 0 Å². The molecule has 2 saturated heterocycles. The summed E-state index contributed by atoms with van der Waals surface area (Å²) in [6.45, 7) is 6.41. The van der Waals surface area contributed by atoms with E-state index in [0.29, 0.717) is 24.1 Å². The number of hydrogen-bond donors (Lipinski definition) is 1. The van der Waals surface area contributed by atoms with Crippen LogP contribution in [0.15, 0.2) is 0 Å². The van der Waals surface area contributed by atoms with E-state index in [2.05, 4.69) is 13.8 Å². The molecule has 6 heteroatoms. The molecule has 0 spiro atoms. The van der Waals surface area contributed by atoms with Crippen molar-refractivity contribution in [3.63, 3.8) is 0 Å². The molecule has 2 aliphatic heterocycles. The molecule has 5 nitrogen and oxygen atoms in total. The zero-order valence-electron chi connectivity index (χ0n) is 11.5. The van der Waals surface area contributed by atoms with E-state index in [-0.39, 0.29) is 6.03 Å². The van der Waals surface area contributed by atoms with Crippen LogP contribution >= 0.6 is 11.8 Å². The highest BCUT2D eigenvalue weighted by atomic mass is 32.2. The number of carbonyl (C=O) groups excluding carboxylic acids is 1. The average molecular weight is 286 g/mol. The van der Waals surface area contributed by atoms with Crippen LogP contribution in [0.4, 0.5) is 4.79 Å². The number of carboxylic acid groups (broad SMARTS) is 1. The molecule has 2 heterocycles. The Bertz CT molecular complexity index is 364. The Kier molecular flexibility index (Phi) is 4.60. The van der Waals surface area contributed by atoms with Crippen molar-refractivity contribution in [1.82, 2.24) is 9.80 Å². The fraction of sp³-hybridized carbons (Fsp3) is 0.846. The molecule has 0 saturated carbocycles. The van der Waals surface area contributed by atoms with Crippen LogP contribution in [-0.4, -0.2) is 64.1 Å². The van der Waals surface area contributed by atoms with Crippen molar-refractivity contribution >= 4 is 23.8 Å². The van der Waals surface area contributed by atoms with E-state index in [1.807, 2.05) is 4.90 Å². The minimum atomic E-state index is -0.890. The monoisotopic (exact) mass is 286 g/mol. The number of hydrogen-bond acceptors (Lipinski definition) is 3. The number of piperidine rings is 1. The lowest BCUT2D eigenvalue weighted by atomic mass is 9.89. The molecule has 0 aromatic carbocycles. The number of nitrogens with zero attached hydrogens (tertiary/aromatic N) is 2. The second kappa shape index (κ2) is 6.03. The zero-order valence-corrected chi connectivity index (χ0v) is 12.4. The fourth-order valence-corrected chi connectivity index (χ4v) is 3.69. The van der Waals surface area contributed by atoms with E-state index in [9.17, 15) is 14.7 Å². The molecule has 3 unspecified atom stereocenters. The van der Waals surface area contributed by atoms with E-state index >= 15 is 0 Å². The van der Waals surface area contributed by atoms with Gasteiger partial charge in [0.25, 0.3) is 0 Å². The summed E-state index contributed by atoms with van der Waals surface area (Å²) >= 11 is 1.61. The summed E-state index contributed by atoms with van der Waals surface area (Å²) in [5, 5.41) is 9.22. The maximum Gasteiger partial charge on any atom is 0.327 e. The molecule has 19 heavy (non-hydrogen) atoms. The van der Waals surface area contributed by atoms with Crippen molar-refractivity contribution in [3.05, 3.63) is 0 Å². The van der Waals surface area contributed by atoms with Gasteiger partial charge in [-0.2, -0.15) is 11.8 Å². The second-order valence-corrected chi connectivity index (χ2v) is 6.74. The van der Waals surface area contributed by atoms with Crippen LogP contribution in [-0.2, 0) is 4.79 Å². The van der Waals surface area contributed by atoms with Crippen LogP contribution in [0.5, 0.6) is 0 Å². The normalized spacial score (nSPS) is 32.2. The molecule has 2 aliphatic rings. The second-order valence-electron chi connectivity index (χ2n) is 5.59. The van der Waals surface area contributed by atoms with Gasteiger partial charge in [0.1, 0.15) is 6.04 Å². The lowest BCUT2D eigenvalue weighted by molar-refractivity contribution is -0.141. The fourth-order valence-electron chi connectivity index (χ4n) is 2.66. The topological polar surface area (TPSA) is 60.9 Å². The van der Waals surface area contributed by atoms with Gasteiger partial charge in [0.15, 0.2) is 0 Å². The standard InChI is InChI=1S/C13H22N2O3S/c1-9-3-4-14(7-10(9)2)13(18)15-5-6-19-8-11(15)12(16)17/h9-11H,3-8H2,1-2H3,(H,16,17). The van der Waals surface area contributed by atoms with Gasteiger partial charge in [-0.25, -0.2) is 9.59 Å². The quantitative estimate of drug-likeness (QED) is 0.795. The summed E-state index contributed by atoms with van der Waals surface area (Å²) < 4.78 is 0. The molecule has 0 bridgehead atoms. The van der Waals surface area contributed by atoms with Gasteiger partial charge in [-0.05, 0) is 18.3 Å². The van der Waals surface area contributed by atoms with Crippen LogP contribution in [0, 0.1) is 11.8 Å². The first-order valence-electron chi connectivity index (χ1n) is 6.86. The van der Waals surface area contributed by atoms with Gasteiger partial charge in [0.2, 0.25) is 0 Å². The largest absolute Gasteiger partial charge is 0.480 e. The van der Waals surface area contributed by atoms with E-state index in [0.717, 1.165) is 25.3 Å². The Balaban J connectivity index is 2.03. The summed E-state index contributed by atoms with van der Waals surface area (Å²) in [4.78, 5) is 27.1. The van der Waals surface area contributed by atoms with Crippen LogP contribution in [0.2, 0.25) is 0 Å². The predicted octanol–water partition coefficient (Wildman–Crippen LogP) is 1.59. The highest BCUT2D eigenvalue weighted by Crippen LogP contribution is 2.25. The molecule has 0 aromatic heterocycles. The van der Waals surface area contributed by atoms with Gasteiger partial charge in [-0.3, -0.25) is 0 Å². The number of rotatable bonds is 1. The molecule has 2 amide bonds. The van der Waals surface area contributed by atoms with Crippen LogP contribution in [0.1, 0.15) is 20.3 Å². The van der Waals surface area contributed by atoms with Crippen molar-refractivity contribution in [2.24, 2.45) is 11.8 Å². The SMILES string of the molecule is CC1CCN(C(=O)N2CCSCC2C(=O)O)CC1C. The van der Waals surface area contributed by atoms with Gasteiger partial charge < -0.3 is 14.9 Å². The Morgan fingerprint density at radius 1 is 1.21 bits per heavy atom. The molecule has 0 aromatic rings. The first kappa shape index (κ1) is 14.5. The van der Waals surface area contributed by atoms with E-state index in [1.54, 1.807) is 16.7 Å². The van der Waals surface area contributed by atoms with Crippen LogP contribution < -0.4 is 0 Å². The van der Waals surface area contributed by atoms with Crippen molar-refractivity contribution < 1.29 is 14.7 Å². The van der Waals surface area contributed by atoms with Crippen molar-refractivity contribution in [3.8, 4) is 0 Å². The van der Waals surface area contributed by atoms with E-state index in [1.165, 1.54) is 0 Å². The number of likely N-dealkylation sites (tertiary alicyclic amines) is 1. The van der Waals surface area contributed by atoms with E-state index in [4.69, 9.17) is 0 Å². The number of amides is 2. The van der Waals surface area contributed by atoms with Gasteiger partial charge in [-0.1, -0.05) is 13.8 Å². The molecule has 0 radical (unpaired) electrons. The molecular weight excluding hydrogens is 264 g/mol. The van der Waals surface area contributed by atoms with Crippen molar-refractivity contribution in [1.29, 1.82) is 0 Å². The number of urea groups is 1. The smallest absolute Gasteiger partial charge is 0.327 e. The Labute approximate surface area is 118 Å². The maximum absolute atomic E-state index is 12.5. The van der Waals surface area contributed by atoms with E-state index < -0.39 is 12.0 Å². The predicted molar refractivity (Wildman–Crippen MR) is 75.4 cm³/mol. The third kappa shape index (κ3) is 3.16. The molecule has 3 atom stereocenters. The van der Waals surface area contributed by atoms with Gasteiger partial charge in [0, 0.05) is 31.1 Å². The number of thioether (sulfide) groups is 1. The lowest BCUT2D eigenvalue weighted by Crippen LogP contribution is -2.56. The van der Waals surface area contributed by atoms with Gasteiger partial charge >= 0.3 is 12.0 Å². The Morgan fingerprint density at radius 3 is 2.58 bits per heavy atom. The number of carboxylic acids is 1. The van der Waals surface area contributed by atoms with Gasteiger partial charge in [0.05, 0.1) is 0 Å².